The lowest BCUT2D eigenvalue weighted by Gasteiger charge is -2.39. The SMILES string of the molecule is CSCCCCCCN1CC(CC(C)C)NCC1C. The number of piperazine rings is 1. The molecule has 0 aromatic rings. The molecule has 2 unspecified atom stereocenters. The van der Waals surface area contributed by atoms with Gasteiger partial charge in [-0.1, -0.05) is 26.7 Å². The fraction of sp³-hybridized carbons (Fsp3) is 1.00. The molecule has 0 radical (unpaired) electrons. The minimum atomic E-state index is 0.715. The van der Waals surface area contributed by atoms with E-state index in [1.165, 1.54) is 57.5 Å². The first-order chi connectivity index (χ1) is 9.13. The Morgan fingerprint density at radius 1 is 1.21 bits per heavy atom. The lowest BCUT2D eigenvalue weighted by Crippen LogP contribution is -2.55. The van der Waals surface area contributed by atoms with Crippen molar-refractivity contribution in [3.05, 3.63) is 0 Å². The average molecular weight is 287 g/mol. The molecule has 0 spiro atoms. The van der Waals surface area contributed by atoms with Crippen LogP contribution in [0.15, 0.2) is 0 Å². The molecule has 1 saturated heterocycles. The molecule has 19 heavy (non-hydrogen) atoms. The van der Waals surface area contributed by atoms with E-state index in [2.05, 4.69) is 37.2 Å². The molecule has 1 fully saturated rings. The summed E-state index contributed by atoms with van der Waals surface area (Å²) in [4.78, 5) is 2.71. The number of hydrogen-bond donors (Lipinski definition) is 1. The van der Waals surface area contributed by atoms with E-state index in [1.807, 2.05) is 11.8 Å². The van der Waals surface area contributed by atoms with Crippen LogP contribution in [0.5, 0.6) is 0 Å². The molecule has 1 heterocycles. The maximum absolute atomic E-state index is 3.70. The van der Waals surface area contributed by atoms with E-state index in [4.69, 9.17) is 0 Å². The lowest BCUT2D eigenvalue weighted by atomic mass is 10.00. The number of nitrogens with one attached hydrogen (secondary N) is 1. The van der Waals surface area contributed by atoms with Crippen molar-refractivity contribution in [3.63, 3.8) is 0 Å². The van der Waals surface area contributed by atoms with Gasteiger partial charge in [0, 0.05) is 25.2 Å². The van der Waals surface area contributed by atoms with E-state index >= 15 is 0 Å². The van der Waals surface area contributed by atoms with Gasteiger partial charge in [-0.2, -0.15) is 11.8 Å². The van der Waals surface area contributed by atoms with E-state index in [-0.39, 0.29) is 0 Å². The molecule has 0 aromatic heterocycles. The summed E-state index contributed by atoms with van der Waals surface area (Å²) in [6.45, 7) is 10.8. The molecular weight excluding hydrogens is 252 g/mol. The van der Waals surface area contributed by atoms with Gasteiger partial charge >= 0.3 is 0 Å². The highest BCUT2D eigenvalue weighted by Gasteiger charge is 2.24. The second-order valence-corrected chi connectivity index (χ2v) is 7.47. The van der Waals surface area contributed by atoms with Crippen LogP contribution >= 0.6 is 11.8 Å². The van der Waals surface area contributed by atoms with Crippen LogP contribution in [0.25, 0.3) is 0 Å². The summed E-state index contributed by atoms with van der Waals surface area (Å²) in [5.74, 6) is 2.14. The molecule has 1 aliphatic rings. The van der Waals surface area contributed by atoms with Crippen LogP contribution in [-0.4, -0.2) is 48.6 Å². The number of hydrogen-bond acceptors (Lipinski definition) is 3. The van der Waals surface area contributed by atoms with Gasteiger partial charge in [0.25, 0.3) is 0 Å². The first kappa shape index (κ1) is 17.3. The maximum Gasteiger partial charge on any atom is 0.0198 e. The van der Waals surface area contributed by atoms with Crippen LogP contribution in [0.3, 0.4) is 0 Å². The quantitative estimate of drug-likeness (QED) is 0.652. The normalized spacial score (nSPS) is 25.1. The second-order valence-electron chi connectivity index (χ2n) is 6.49. The Morgan fingerprint density at radius 3 is 2.63 bits per heavy atom. The third-order valence-electron chi connectivity index (χ3n) is 4.08. The summed E-state index contributed by atoms with van der Waals surface area (Å²) >= 11 is 1.98. The van der Waals surface area contributed by atoms with Crippen LogP contribution in [0, 0.1) is 5.92 Å². The summed E-state index contributed by atoms with van der Waals surface area (Å²) in [6.07, 6.45) is 9.12. The molecule has 2 atom stereocenters. The zero-order valence-corrected chi connectivity index (χ0v) is 14.3. The Labute approximate surface area is 125 Å². The highest BCUT2D eigenvalue weighted by Crippen LogP contribution is 2.14. The van der Waals surface area contributed by atoms with Gasteiger partial charge in [-0.3, -0.25) is 4.90 Å². The first-order valence-corrected chi connectivity index (χ1v) is 9.49. The largest absolute Gasteiger partial charge is 0.311 e. The summed E-state index contributed by atoms with van der Waals surface area (Å²) in [5, 5.41) is 3.70. The van der Waals surface area contributed by atoms with Crippen LogP contribution in [0.4, 0.5) is 0 Å². The highest BCUT2D eigenvalue weighted by molar-refractivity contribution is 7.98. The van der Waals surface area contributed by atoms with Crippen molar-refractivity contribution in [2.45, 2.75) is 65.0 Å². The fourth-order valence-electron chi connectivity index (χ4n) is 2.95. The van der Waals surface area contributed by atoms with E-state index in [0.29, 0.717) is 6.04 Å². The van der Waals surface area contributed by atoms with Crippen LogP contribution in [0.1, 0.15) is 52.9 Å². The van der Waals surface area contributed by atoms with Gasteiger partial charge in [-0.25, -0.2) is 0 Å². The van der Waals surface area contributed by atoms with Gasteiger partial charge in [-0.15, -0.1) is 0 Å². The number of unbranched alkanes of at least 4 members (excludes halogenated alkanes) is 3. The molecular formula is C16H34N2S. The van der Waals surface area contributed by atoms with Crippen molar-refractivity contribution in [2.75, 3.05) is 31.6 Å². The molecule has 114 valence electrons. The smallest absolute Gasteiger partial charge is 0.0198 e. The predicted octanol–water partition coefficient (Wildman–Crippen LogP) is 3.62. The summed E-state index contributed by atoms with van der Waals surface area (Å²) in [7, 11) is 0. The summed E-state index contributed by atoms with van der Waals surface area (Å²) in [5.41, 5.74) is 0. The minimum absolute atomic E-state index is 0.715. The van der Waals surface area contributed by atoms with Gasteiger partial charge in [0.05, 0.1) is 0 Å². The van der Waals surface area contributed by atoms with Gasteiger partial charge in [0.15, 0.2) is 0 Å². The topological polar surface area (TPSA) is 15.3 Å². The first-order valence-electron chi connectivity index (χ1n) is 8.09. The zero-order chi connectivity index (χ0) is 14.1. The molecule has 3 heteroatoms. The molecule has 0 aliphatic carbocycles. The third-order valence-corrected chi connectivity index (χ3v) is 4.78. The standard InChI is InChI=1S/C16H34N2S/c1-14(2)11-16-13-18(15(3)12-17-16)9-7-5-6-8-10-19-4/h14-17H,5-13H2,1-4H3. The van der Waals surface area contributed by atoms with Crippen molar-refractivity contribution >= 4 is 11.8 Å². The average Bonchev–Trinajstić information content (AvgIpc) is 2.36. The Bertz CT molecular complexity index is 221. The molecule has 0 amide bonds. The predicted molar refractivity (Wildman–Crippen MR) is 89.1 cm³/mol. The summed E-state index contributed by atoms with van der Waals surface area (Å²) < 4.78 is 0. The van der Waals surface area contributed by atoms with Crippen LogP contribution in [0.2, 0.25) is 0 Å². The number of nitrogens with zero attached hydrogens (tertiary/aromatic N) is 1. The van der Waals surface area contributed by atoms with Crippen molar-refractivity contribution in [1.82, 2.24) is 10.2 Å². The molecule has 0 aromatic carbocycles. The second kappa shape index (κ2) is 10.1. The van der Waals surface area contributed by atoms with Gasteiger partial charge < -0.3 is 5.32 Å². The monoisotopic (exact) mass is 286 g/mol. The highest BCUT2D eigenvalue weighted by atomic mass is 32.2. The van der Waals surface area contributed by atoms with E-state index < -0.39 is 0 Å². The minimum Gasteiger partial charge on any atom is -0.311 e. The van der Waals surface area contributed by atoms with E-state index in [9.17, 15) is 0 Å². The van der Waals surface area contributed by atoms with Crippen molar-refractivity contribution in [2.24, 2.45) is 5.92 Å². The lowest BCUT2D eigenvalue weighted by molar-refractivity contribution is 0.129. The molecule has 0 saturated carbocycles. The van der Waals surface area contributed by atoms with E-state index in [1.54, 1.807) is 0 Å². The number of rotatable bonds is 9. The van der Waals surface area contributed by atoms with Crippen LogP contribution < -0.4 is 5.32 Å². The molecule has 1 aliphatic heterocycles. The van der Waals surface area contributed by atoms with Crippen LogP contribution in [-0.2, 0) is 0 Å². The van der Waals surface area contributed by atoms with Gasteiger partial charge in [0.2, 0.25) is 0 Å². The zero-order valence-electron chi connectivity index (χ0n) is 13.5. The fourth-order valence-corrected chi connectivity index (χ4v) is 3.44. The molecule has 1 N–H and O–H groups in total. The van der Waals surface area contributed by atoms with Crippen molar-refractivity contribution in [1.29, 1.82) is 0 Å². The third kappa shape index (κ3) is 7.57. The van der Waals surface area contributed by atoms with Gasteiger partial charge in [0.1, 0.15) is 0 Å². The Kier molecular flexibility index (Phi) is 9.17. The number of thioether (sulfide) groups is 1. The van der Waals surface area contributed by atoms with Crippen molar-refractivity contribution in [3.8, 4) is 0 Å². The van der Waals surface area contributed by atoms with E-state index in [0.717, 1.165) is 12.0 Å². The van der Waals surface area contributed by atoms with Gasteiger partial charge in [-0.05, 0) is 50.7 Å². The van der Waals surface area contributed by atoms with Crippen molar-refractivity contribution < 1.29 is 0 Å². The molecule has 2 nitrogen and oxygen atoms in total. The summed E-state index contributed by atoms with van der Waals surface area (Å²) in [6, 6.07) is 1.43. The Balaban J connectivity index is 2.15. The maximum atomic E-state index is 3.70. The Hall–Kier alpha value is 0.270. The Morgan fingerprint density at radius 2 is 1.95 bits per heavy atom. The molecule has 1 rings (SSSR count). The molecule has 0 bridgehead atoms.